The van der Waals surface area contributed by atoms with Gasteiger partial charge in [-0.1, -0.05) is 61.0 Å². The minimum Gasteiger partial charge on any atom is -0.488 e. The van der Waals surface area contributed by atoms with Crippen molar-refractivity contribution in [3.05, 3.63) is 83.4 Å². The summed E-state index contributed by atoms with van der Waals surface area (Å²) >= 11 is 0. The van der Waals surface area contributed by atoms with E-state index >= 15 is 0 Å². The normalized spacial score (nSPS) is 16.4. The van der Waals surface area contributed by atoms with Crippen molar-refractivity contribution in [3.63, 3.8) is 0 Å². The molecule has 3 aromatic rings. The lowest BCUT2D eigenvalue weighted by Crippen LogP contribution is -2.39. The van der Waals surface area contributed by atoms with Crippen LogP contribution in [0.3, 0.4) is 0 Å². The van der Waals surface area contributed by atoms with Crippen LogP contribution in [-0.2, 0) is 4.79 Å². The van der Waals surface area contributed by atoms with Crippen LogP contribution in [0, 0.1) is 0 Å². The molecule has 1 heterocycles. The van der Waals surface area contributed by atoms with Crippen LogP contribution in [0.5, 0.6) is 5.75 Å². The molecule has 0 spiro atoms. The van der Waals surface area contributed by atoms with Crippen molar-refractivity contribution < 1.29 is 19.5 Å². The van der Waals surface area contributed by atoms with Gasteiger partial charge in [0.1, 0.15) is 12.4 Å². The Hall–Kier alpha value is -3.68. The first-order valence-electron chi connectivity index (χ1n) is 12.9. The van der Waals surface area contributed by atoms with E-state index in [0.29, 0.717) is 29.5 Å². The molecule has 1 aliphatic rings. The van der Waals surface area contributed by atoms with E-state index in [4.69, 9.17) is 9.94 Å². The fraction of sp³-hybridized carbons (Fsp3) is 0.333. The summed E-state index contributed by atoms with van der Waals surface area (Å²) in [6.07, 6.45) is 6.26. The molecule has 1 fully saturated rings. The number of amides is 2. The van der Waals surface area contributed by atoms with E-state index in [0.717, 1.165) is 30.3 Å². The largest absolute Gasteiger partial charge is 0.488 e. The number of likely N-dealkylation sites (tertiary alicyclic amines) is 1. The summed E-state index contributed by atoms with van der Waals surface area (Å²) in [7, 11) is 0. The molecule has 3 N–H and O–H groups in total. The molecule has 37 heavy (non-hydrogen) atoms. The first-order chi connectivity index (χ1) is 18.1. The molecule has 7 heteroatoms. The molecule has 0 bridgehead atoms. The van der Waals surface area contributed by atoms with Gasteiger partial charge in [-0.25, -0.2) is 5.48 Å². The van der Waals surface area contributed by atoms with E-state index < -0.39 is 5.91 Å². The van der Waals surface area contributed by atoms with Crippen LogP contribution in [0.15, 0.2) is 72.3 Å². The van der Waals surface area contributed by atoms with Crippen molar-refractivity contribution in [1.29, 1.82) is 0 Å². The van der Waals surface area contributed by atoms with Crippen LogP contribution in [0.1, 0.15) is 48.5 Å². The third-order valence-corrected chi connectivity index (χ3v) is 6.91. The number of fused-ring (bicyclic) bond motifs is 1. The highest BCUT2D eigenvalue weighted by Gasteiger charge is 2.18. The molecule has 1 unspecified atom stereocenters. The summed E-state index contributed by atoms with van der Waals surface area (Å²) in [5, 5.41) is 14.2. The predicted octanol–water partition coefficient (Wildman–Crippen LogP) is 4.80. The van der Waals surface area contributed by atoms with Crippen LogP contribution in [0.2, 0.25) is 0 Å². The zero-order valence-corrected chi connectivity index (χ0v) is 21.3. The maximum absolute atomic E-state index is 13.3. The smallest absolute Gasteiger partial charge is 0.275 e. The fourth-order valence-corrected chi connectivity index (χ4v) is 4.81. The van der Waals surface area contributed by atoms with Crippen LogP contribution in [-0.4, -0.2) is 54.2 Å². The Balaban J connectivity index is 1.50. The van der Waals surface area contributed by atoms with Crippen molar-refractivity contribution in [2.75, 3.05) is 26.2 Å². The van der Waals surface area contributed by atoms with Crippen LogP contribution in [0.4, 0.5) is 0 Å². The van der Waals surface area contributed by atoms with Gasteiger partial charge in [-0.05, 0) is 61.9 Å². The highest BCUT2D eigenvalue weighted by atomic mass is 16.5. The summed E-state index contributed by atoms with van der Waals surface area (Å²) in [5.74, 6) is -0.208. The number of hydrogen-bond donors (Lipinski definition) is 3. The van der Waals surface area contributed by atoms with Crippen molar-refractivity contribution in [3.8, 4) is 5.75 Å². The molecule has 2 amide bonds. The van der Waals surface area contributed by atoms with E-state index in [1.807, 2.05) is 42.5 Å². The first-order valence-corrected chi connectivity index (χ1v) is 12.9. The van der Waals surface area contributed by atoms with Gasteiger partial charge in [-0.2, -0.15) is 0 Å². The second-order valence-electron chi connectivity index (χ2n) is 9.45. The first kappa shape index (κ1) is 26.4. The van der Waals surface area contributed by atoms with Crippen molar-refractivity contribution in [1.82, 2.24) is 15.7 Å². The number of ether oxygens (including phenoxy) is 1. The van der Waals surface area contributed by atoms with Crippen molar-refractivity contribution in [2.24, 2.45) is 0 Å². The third-order valence-electron chi connectivity index (χ3n) is 6.91. The Morgan fingerprint density at radius 1 is 1.05 bits per heavy atom. The van der Waals surface area contributed by atoms with Gasteiger partial charge in [0.15, 0.2) is 0 Å². The quantitative estimate of drug-likeness (QED) is 0.161. The van der Waals surface area contributed by atoms with Crippen LogP contribution in [0.25, 0.3) is 16.8 Å². The number of hydrogen-bond acceptors (Lipinski definition) is 5. The van der Waals surface area contributed by atoms with Gasteiger partial charge in [0.2, 0.25) is 0 Å². The summed E-state index contributed by atoms with van der Waals surface area (Å²) in [4.78, 5) is 27.9. The highest BCUT2D eigenvalue weighted by molar-refractivity contribution is 6.02. The molecule has 4 rings (SSSR count). The monoisotopic (exact) mass is 501 g/mol. The van der Waals surface area contributed by atoms with E-state index in [2.05, 4.69) is 17.1 Å². The zero-order valence-electron chi connectivity index (χ0n) is 21.3. The average Bonchev–Trinajstić information content (AvgIpc) is 2.94. The number of rotatable bonds is 10. The van der Waals surface area contributed by atoms with E-state index in [1.54, 1.807) is 35.8 Å². The van der Waals surface area contributed by atoms with Crippen LogP contribution < -0.4 is 15.5 Å². The van der Waals surface area contributed by atoms with Gasteiger partial charge >= 0.3 is 0 Å². The lowest BCUT2D eigenvalue weighted by molar-refractivity contribution is -0.117. The summed E-state index contributed by atoms with van der Waals surface area (Å²) in [6.45, 7) is 4.91. The molecule has 7 nitrogen and oxygen atoms in total. The van der Waals surface area contributed by atoms with Gasteiger partial charge in [0.25, 0.3) is 11.8 Å². The second kappa shape index (κ2) is 13.0. The molecular weight excluding hydrogens is 466 g/mol. The van der Waals surface area contributed by atoms with Crippen LogP contribution >= 0.6 is 0 Å². The number of piperidine rings is 1. The third kappa shape index (κ3) is 6.96. The van der Waals surface area contributed by atoms with E-state index in [-0.39, 0.29) is 18.1 Å². The maximum atomic E-state index is 13.3. The molecule has 0 radical (unpaired) electrons. The summed E-state index contributed by atoms with van der Waals surface area (Å²) < 4.78 is 6.13. The number of benzene rings is 3. The van der Waals surface area contributed by atoms with Gasteiger partial charge < -0.3 is 15.0 Å². The van der Waals surface area contributed by atoms with Crippen molar-refractivity contribution >= 4 is 28.7 Å². The molecule has 194 valence electrons. The van der Waals surface area contributed by atoms with Gasteiger partial charge in [-0.15, -0.1) is 0 Å². The number of carbonyl (C=O) groups excluding carboxylic acids is 2. The van der Waals surface area contributed by atoms with E-state index in [9.17, 15) is 9.59 Å². The van der Waals surface area contributed by atoms with Gasteiger partial charge in [0, 0.05) is 30.1 Å². The molecule has 1 atom stereocenters. The van der Waals surface area contributed by atoms with Crippen molar-refractivity contribution in [2.45, 2.75) is 38.6 Å². The molecule has 0 aromatic heterocycles. The molecule has 3 aromatic carbocycles. The average molecular weight is 502 g/mol. The number of nitrogens with zero attached hydrogens (tertiary/aromatic N) is 1. The number of carbonyl (C=O) groups is 2. The molecule has 1 saturated heterocycles. The predicted molar refractivity (Wildman–Crippen MR) is 146 cm³/mol. The molecule has 0 aliphatic carbocycles. The molecular formula is C30H35N3O4. The highest BCUT2D eigenvalue weighted by Crippen LogP contribution is 2.26. The van der Waals surface area contributed by atoms with Gasteiger partial charge in [0.05, 0.1) is 5.57 Å². The Morgan fingerprint density at radius 2 is 1.84 bits per heavy atom. The molecule has 1 aliphatic heterocycles. The second-order valence-corrected chi connectivity index (χ2v) is 9.45. The summed E-state index contributed by atoms with van der Waals surface area (Å²) in [5.41, 5.74) is 2.84. The zero-order chi connectivity index (χ0) is 26.0. The standard InChI is InChI=1S/C30H35N3O4/c1-22-10-6-7-18-33(22)19-9-17-31-29(34)25(20-24-12-3-5-15-27(24)30(35)32-36)21-37-28-16-8-13-23-11-2-4-14-26(23)28/h2-5,8,11-16,20,22,36H,6-7,9-10,17-19,21H2,1H3,(H,31,34)(H,32,35)/b25-20+. The van der Waals surface area contributed by atoms with Gasteiger partial charge in [-0.3, -0.25) is 14.8 Å². The minimum atomic E-state index is -0.641. The topological polar surface area (TPSA) is 90.9 Å². The lowest BCUT2D eigenvalue weighted by Gasteiger charge is -2.33. The SMILES string of the molecule is CC1CCCCN1CCCNC(=O)/C(=C/c1ccccc1C(=O)NO)COc1cccc2ccccc12. The Kier molecular flexibility index (Phi) is 9.29. The minimum absolute atomic E-state index is 0.0259. The number of nitrogens with one attached hydrogen (secondary N) is 2. The molecule has 0 saturated carbocycles. The Labute approximate surface area is 218 Å². The Morgan fingerprint density at radius 3 is 2.68 bits per heavy atom. The lowest BCUT2D eigenvalue weighted by atomic mass is 10.0. The number of hydroxylamine groups is 1. The maximum Gasteiger partial charge on any atom is 0.275 e. The summed E-state index contributed by atoms with van der Waals surface area (Å²) in [6, 6.07) is 21.1. The fourth-order valence-electron chi connectivity index (χ4n) is 4.81. The Bertz CT molecular complexity index is 1250. The van der Waals surface area contributed by atoms with E-state index in [1.165, 1.54) is 19.3 Å².